The molecule has 0 saturated heterocycles. The highest BCUT2D eigenvalue weighted by Crippen LogP contribution is 2.27. The van der Waals surface area contributed by atoms with E-state index in [9.17, 15) is 4.79 Å². The van der Waals surface area contributed by atoms with E-state index in [0.29, 0.717) is 29.5 Å². The van der Waals surface area contributed by atoms with Crippen molar-refractivity contribution in [1.82, 2.24) is 4.90 Å². The molecule has 0 aromatic heterocycles. The first-order valence-electron chi connectivity index (χ1n) is 8.13. The predicted molar refractivity (Wildman–Crippen MR) is 102 cm³/mol. The number of rotatable bonds is 8. The maximum Gasteiger partial charge on any atom is 0.241 e. The van der Waals surface area contributed by atoms with Crippen molar-refractivity contribution in [2.75, 3.05) is 32.6 Å². The van der Waals surface area contributed by atoms with E-state index in [1.165, 1.54) is 0 Å². The number of halogens is 1. The van der Waals surface area contributed by atoms with E-state index in [4.69, 9.17) is 22.1 Å². The molecule has 2 aromatic rings. The molecule has 25 heavy (non-hydrogen) atoms. The number of ether oxygens (including phenoxy) is 1. The van der Waals surface area contributed by atoms with E-state index in [0.717, 1.165) is 12.1 Å². The fourth-order valence-corrected chi connectivity index (χ4v) is 2.46. The normalized spacial score (nSPS) is 12.0. The lowest BCUT2D eigenvalue weighted by atomic mass is 10.1. The molecule has 0 heterocycles. The number of likely N-dealkylation sites (N-methyl/N-ethyl adjacent to an activating group) is 1. The zero-order chi connectivity index (χ0) is 18.2. The molecule has 2 aromatic carbocycles. The summed E-state index contributed by atoms with van der Waals surface area (Å²) in [5, 5.41) is 3.24. The molecule has 1 unspecified atom stereocenters. The lowest BCUT2D eigenvalue weighted by molar-refractivity contribution is -0.117. The Bertz CT molecular complexity index is 692. The Morgan fingerprint density at radius 2 is 1.96 bits per heavy atom. The molecule has 5 nitrogen and oxygen atoms in total. The highest BCUT2D eigenvalue weighted by atomic mass is 35.5. The number of amides is 1. The maximum atomic E-state index is 12.2. The van der Waals surface area contributed by atoms with Crippen molar-refractivity contribution in [2.45, 2.75) is 12.5 Å². The van der Waals surface area contributed by atoms with Crippen molar-refractivity contribution in [1.29, 1.82) is 0 Å². The number of anilines is 1. The van der Waals surface area contributed by atoms with Gasteiger partial charge in [0, 0.05) is 12.2 Å². The summed E-state index contributed by atoms with van der Waals surface area (Å²) in [7, 11) is 3.95. The van der Waals surface area contributed by atoms with Crippen molar-refractivity contribution in [3.63, 3.8) is 0 Å². The Kier molecular flexibility index (Phi) is 7.25. The van der Waals surface area contributed by atoms with Crippen LogP contribution in [-0.4, -0.2) is 44.1 Å². The number of carbonyl (C=O) groups is 1. The first-order chi connectivity index (χ1) is 12.0. The van der Waals surface area contributed by atoms with Gasteiger partial charge in [0.1, 0.15) is 12.4 Å². The van der Waals surface area contributed by atoms with Crippen LogP contribution in [0.15, 0.2) is 48.5 Å². The Labute approximate surface area is 153 Å². The van der Waals surface area contributed by atoms with Crippen LogP contribution in [0, 0.1) is 0 Å². The molecular weight excluding hydrogens is 338 g/mol. The summed E-state index contributed by atoms with van der Waals surface area (Å²) in [6, 6.07) is 14.2. The molecule has 1 atom stereocenters. The van der Waals surface area contributed by atoms with Gasteiger partial charge in [-0.15, -0.1) is 0 Å². The van der Waals surface area contributed by atoms with Gasteiger partial charge in [-0.25, -0.2) is 0 Å². The second kappa shape index (κ2) is 9.42. The van der Waals surface area contributed by atoms with Crippen LogP contribution in [0.25, 0.3) is 0 Å². The second-order valence-electron chi connectivity index (χ2n) is 6.08. The average molecular weight is 362 g/mol. The zero-order valence-corrected chi connectivity index (χ0v) is 15.3. The highest BCUT2D eigenvalue weighted by Gasteiger charge is 2.15. The minimum Gasteiger partial charge on any atom is -0.491 e. The van der Waals surface area contributed by atoms with Crippen LogP contribution in [0.3, 0.4) is 0 Å². The Hall–Kier alpha value is -2.08. The molecule has 134 valence electrons. The summed E-state index contributed by atoms with van der Waals surface area (Å²) in [6.45, 7) is 1.34. The average Bonchev–Trinajstić information content (AvgIpc) is 2.57. The number of nitrogens with one attached hydrogen (secondary N) is 1. The van der Waals surface area contributed by atoms with Crippen molar-refractivity contribution >= 4 is 23.2 Å². The van der Waals surface area contributed by atoms with Crippen LogP contribution in [0.1, 0.15) is 5.56 Å². The Morgan fingerprint density at radius 3 is 2.60 bits per heavy atom. The van der Waals surface area contributed by atoms with Crippen LogP contribution in [-0.2, 0) is 11.2 Å². The van der Waals surface area contributed by atoms with Crippen LogP contribution in [0.4, 0.5) is 5.69 Å². The molecule has 0 fully saturated rings. The number of hydrogen-bond donors (Lipinski definition) is 2. The zero-order valence-electron chi connectivity index (χ0n) is 14.5. The molecule has 6 heteroatoms. The number of nitrogens with two attached hydrogens (primary N) is 1. The third-order valence-corrected chi connectivity index (χ3v) is 3.93. The monoisotopic (exact) mass is 361 g/mol. The van der Waals surface area contributed by atoms with E-state index < -0.39 is 6.04 Å². The summed E-state index contributed by atoms with van der Waals surface area (Å²) in [6.07, 6.45) is 0.478. The van der Waals surface area contributed by atoms with E-state index in [2.05, 4.69) is 5.32 Å². The van der Waals surface area contributed by atoms with Gasteiger partial charge in [-0.2, -0.15) is 0 Å². The third-order valence-electron chi connectivity index (χ3n) is 3.63. The topological polar surface area (TPSA) is 67.6 Å². The van der Waals surface area contributed by atoms with Crippen molar-refractivity contribution < 1.29 is 9.53 Å². The van der Waals surface area contributed by atoms with Crippen molar-refractivity contribution in [3.05, 3.63) is 59.1 Å². The fourth-order valence-electron chi connectivity index (χ4n) is 2.23. The first kappa shape index (κ1) is 19.2. The predicted octanol–water partition coefficient (Wildman–Crippen LogP) is 2.79. The summed E-state index contributed by atoms with van der Waals surface area (Å²) in [5.41, 5.74) is 7.60. The molecule has 1 amide bonds. The molecule has 3 N–H and O–H groups in total. The molecule has 0 saturated carbocycles. The van der Waals surface area contributed by atoms with Crippen LogP contribution >= 0.6 is 11.6 Å². The van der Waals surface area contributed by atoms with E-state index in [1.54, 1.807) is 18.2 Å². The van der Waals surface area contributed by atoms with Gasteiger partial charge in [0.2, 0.25) is 5.91 Å². The van der Waals surface area contributed by atoms with Gasteiger partial charge in [-0.05, 0) is 44.3 Å². The molecule has 0 bridgehead atoms. The number of hydrogen-bond acceptors (Lipinski definition) is 4. The summed E-state index contributed by atoms with van der Waals surface area (Å²) in [5.74, 6) is 0.344. The molecule has 0 aliphatic carbocycles. The van der Waals surface area contributed by atoms with Crippen LogP contribution in [0.5, 0.6) is 5.75 Å². The molecule has 0 radical (unpaired) electrons. The second-order valence-corrected chi connectivity index (χ2v) is 6.49. The van der Waals surface area contributed by atoms with Gasteiger partial charge >= 0.3 is 0 Å². The largest absolute Gasteiger partial charge is 0.491 e. The van der Waals surface area contributed by atoms with Crippen molar-refractivity contribution in [3.8, 4) is 5.75 Å². The van der Waals surface area contributed by atoms with Gasteiger partial charge in [-0.3, -0.25) is 4.79 Å². The van der Waals surface area contributed by atoms with Gasteiger partial charge in [0.15, 0.2) is 0 Å². The summed E-state index contributed by atoms with van der Waals surface area (Å²) >= 11 is 6.22. The van der Waals surface area contributed by atoms with Gasteiger partial charge in [0.05, 0.1) is 11.1 Å². The lowest BCUT2D eigenvalue weighted by Gasteiger charge is -2.14. The smallest absolute Gasteiger partial charge is 0.241 e. The fraction of sp³-hybridized carbons (Fsp3) is 0.316. The van der Waals surface area contributed by atoms with Crippen LogP contribution in [0.2, 0.25) is 5.02 Å². The van der Waals surface area contributed by atoms with E-state index in [-0.39, 0.29) is 5.91 Å². The molecular formula is C19H24ClN3O2. The number of nitrogens with zero attached hydrogens (tertiary/aromatic N) is 1. The summed E-state index contributed by atoms with van der Waals surface area (Å²) in [4.78, 5) is 14.3. The van der Waals surface area contributed by atoms with Crippen LogP contribution < -0.4 is 15.8 Å². The maximum absolute atomic E-state index is 12.2. The van der Waals surface area contributed by atoms with E-state index >= 15 is 0 Å². The molecule has 0 spiro atoms. The molecule has 0 aliphatic rings. The lowest BCUT2D eigenvalue weighted by Crippen LogP contribution is -2.37. The molecule has 2 rings (SSSR count). The van der Waals surface area contributed by atoms with Gasteiger partial charge in [0.25, 0.3) is 0 Å². The van der Waals surface area contributed by atoms with Gasteiger partial charge < -0.3 is 20.7 Å². The Morgan fingerprint density at radius 1 is 1.24 bits per heavy atom. The van der Waals surface area contributed by atoms with E-state index in [1.807, 2.05) is 49.3 Å². The standard InChI is InChI=1S/C19H24ClN3O2/c1-23(2)10-11-25-18-9-8-15(13-16(18)20)22-19(24)17(21)12-14-6-4-3-5-7-14/h3-9,13,17H,10-12,21H2,1-2H3,(H,22,24). The third kappa shape index (κ3) is 6.38. The number of carbonyl (C=O) groups excluding carboxylic acids is 1. The van der Waals surface area contributed by atoms with Gasteiger partial charge in [-0.1, -0.05) is 41.9 Å². The first-order valence-corrected chi connectivity index (χ1v) is 8.51. The minimum atomic E-state index is -0.628. The summed E-state index contributed by atoms with van der Waals surface area (Å²) < 4.78 is 5.62. The SMILES string of the molecule is CN(C)CCOc1ccc(NC(=O)C(N)Cc2ccccc2)cc1Cl. The minimum absolute atomic E-state index is 0.249. The molecule has 0 aliphatic heterocycles. The van der Waals surface area contributed by atoms with Crippen molar-refractivity contribution in [2.24, 2.45) is 5.73 Å². The number of benzene rings is 2. The Balaban J connectivity index is 1.91. The highest BCUT2D eigenvalue weighted by molar-refractivity contribution is 6.32. The quantitative estimate of drug-likeness (QED) is 0.758.